The van der Waals surface area contributed by atoms with Gasteiger partial charge in [-0.15, -0.1) is 0 Å². The number of allylic oxidation sites excluding steroid dienone is 9. The fourth-order valence-electron chi connectivity index (χ4n) is 11.5. The molecule has 3 N–H and O–H groups in total. The minimum absolute atomic E-state index is 0.00444. The van der Waals surface area contributed by atoms with Gasteiger partial charge in [-0.1, -0.05) is 351 Å². The molecule has 84 heavy (non-hydrogen) atoms. The van der Waals surface area contributed by atoms with Crippen LogP contribution < -0.4 is 5.32 Å². The molecule has 6 nitrogen and oxygen atoms in total. The molecule has 2 atom stereocenters. The number of amides is 1. The van der Waals surface area contributed by atoms with Crippen LogP contribution in [0.3, 0.4) is 0 Å². The summed E-state index contributed by atoms with van der Waals surface area (Å²) in [4.78, 5) is 24.6. The van der Waals surface area contributed by atoms with Gasteiger partial charge in [0, 0.05) is 12.8 Å². The molecule has 0 aromatic heterocycles. The van der Waals surface area contributed by atoms with E-state index in [1.54, 1.807) is 6.08 Å². The number of hydrogen-bond donors (Lipinski definition) is 3. The highest BCUT2D eigenvalue weighted by Crippen LogP contribution is 2.18. The maximum atomic E-state index is 12.5. The Kier molecular flexibility index (Phi) is 70.9. The highest BCUT2D eigenvalue weighted by atomic mass is 16.5. The van der Waals surface area contributed by atoms with E-state index in [-0.39, 0.29) is 18.5 Å². The molecule has 6 heteroatoms. The monoisotopic (exact) mass is 1180 g/mol. The van der Waals surface area contributed by atoms with Gasteiger partial charge < -0.3 is 20.3 Å². The number of rotatable bonds is 70. The minimum atomic E-state index is -0.847. The topological polar surface area (TPSA) is 95.9 Å². The summed E-state index contributed by atoms with van der Waals surface area (Å²) in [7, 11) is 0. The molecule has 0 aliphatic heterocycles. The van der Waals surface area contributed by atoms with E-state index in [1.165, 1.54) is 315 Å². The van der Waals surface area contributed by atoms with E-state index < -0.39 is 12.1 Å². The average Bonchev–Trinajstić information content (AvgIpc) is 3.51. The predicted molar refractivity (Wildman–Crippen MR) is 370 cm³/mol. The van der Waals surface area contributed by atoms with Crippen molar-refractivity contribution >= 4 is 11.9 Å². The van der Waals surface area contributed by atoms with Crippen LogP contribution in [0, 0.1) is 0 Å². The van der Waals surface area contributed by atoms with E-state index in [2.05, 4.69) is 67.8 Å². The molecule has 0 bridgehead atoms. The Labute approximate surface area is 524 Å². The SMILES string of the molecule is CCCCCC/C=C\C/C=C\CCCCCCCCCC(=O)OCCCCCCCCCCC/C=C\C/C=C\CCCCCCCCCCCCCCCC(=O)NC(CO)C(O)/C=C/CCCCCCCCCCCCCCCCCCCC. The van der Waals surface area contributed by atoms with Gasteiger partial charge in [-0.25, -0.2) is 0 Å². The first-order valence-corrected chi connectivity index (χ1v) is 37.6. The summed E-state index contributed by atoms with van der Waals surface area (Å²) >= 11 is 0. The number of nitrogens with one attached hydrogen (secondary N) is 1. The van der Waals surface area contributed by atoms with Crippen LogP contribution in [0.15, 0.2) is 60.8 Å². The zero-order valence-electron chi connectivity index (χ0n) is 56.4. The number of ether oxygens (including phenoxy) is 1. The molecule has 1 amide bonds. The van der Waals surface area contributed by atoms with Crippen molar-refractivity contribution in [3.8, 4) is 0 Å². The van der Waals surface area contributed by atoms with Crippen LogP contribution in [0.1, 0.15) is 399 Å². The van der Waals surface area contributed by atoms with Gasteiger partial charge in [0.15, 0.2) is 0 Å². The molecule has 0 radical (unpaired) electrons. The Morgan fingerprint density at radius 2 is 0.595 bits per heavy atom. The van der Waals surface area contributed by atoms with Crippen molar-refractivity contribution in [2.75, 3.05) is 13.2 Å². The molecular formula is C78H145NO5. The van der Waals surface area contributed by atoms with Gasteiger partial charge in [0.25, 0.3) is 0 Å². The Hall–Kier alpha value is -2.44. The third-order valence-electron chi connectivity index (χ3n) is 17.3. The largest absolute Gasteiger partial charge is 0.466 e. The van der Waals surface area contributed by atoms with E-state index in [4.69, 9.17) is 4.74 Å². The molecule has 0 saturated heterocycles. The Morgan fingerprint density at radius 1 is 0.333 bits per heavy atom. The van der Waals surface area contributed by atoms with E-state index in [9.17, 15) is 19.8 Å². The van der Waals surface area contributed by atoms with Crippen LogP contribution in [0.4, 0.5) is 0 Å². The zero-order valence-corrected chi connectivity index (χ0v) is 56.4. The molecule has 2 unspecified atom stereocenters. The van der Waals surface area contributed by atoms with Crippen molar-refractivity contribution in [3.63, 3.8) is 0 Å². The van der Waals surface area contributed by atoms with Crippen molar-refractivity contribution in [1.82, 2.24) is 5.32 Å². The lowest BCUT2D eigenvalue weighted by molar-refractivity contribution is -0.143. The third-order valence-corrected chi connectivity index (χ3v) is 17.3. The van der Waals surface area contributed by atoms with Crippen LogP contribution in [0.2, 0.25) is 0 Å². The number of aliphatic hydroxyl groups excluding tert-OH is 2. The van der Waals surface area contributed by atoms with Crippen molar-refractivity contribution < 1.29 is 24.5 Å². The first-order chi connectivity index (χ1) is 41.5. The highest BCUT2D eigenvalue weighted by Gasteiger charge is 2.18. The fourth-order valence-corrected chi connectivity index (χ4v) is 11.5. The van der Waals surface area contributed by atoms with Crippen LogP contribution in [0.25, 0.3) is 0 Å². The van der Waals surface area contributed by atoms with Gasteiger partial charge >= 0.3 is 5.97 Å². The molecule has 0 heterocycles. The number of carbonyl (C=O) groups is 2. The number of esters is 1. The zero-order chi connectivity index (χ0) is 60.6. The molecule has 0 saturated carbocycles. The maximum Gasteiger partial charge on any atom is 0.305 e. The first kappa shape index (κ1) is 81.6. The third kappa shape index (κ3) is 68.7. The van der Waals surface area contributed by atoms with Gasteiger partial charge in [0.05, 0.1) is 25.4 Å². The molecule has 0 aliphatic carbocycles. The molecule has 492 valence electrons. The first-order valence-electron chi connectivity index (χ1n) is 37.6. The standard InChI is InChI=1S/C78H145NO5/c1-3-5-7-9-11-13-15-17-19-21-23-35-38-42-46-50-54-58-62-66-70-76(81)75(74-80)79-77(82)71-67-63-59-55-51-47-43-39-36-33-31-29-27-25-24-26-28-30-32-34-37-41-45-49-53-57-61-65-69-73-84-78(83)72-68-64-60-56-52-48-44-40-22-20-18-16-14-12-10-8-6-4-2/h14,16,20,22,24,26,30,32,66,70,75-76,80-81H,3-13,15,17-19,21,23,25,27-29,31,33-65,67-69,71-74H2,1-2H3,(H,79,82)/b16-14-,22-20-,26-24-,32-30-,70-66+. The Balaban J connectivity index is 3.43. The Bertz CT molecular complexity index is 1450. The quantitative estimate of drug-likeness (QED) is 0.0320. The molecule has 0 fully saturated rings. The van der Waals surface area contributed by atoms with E-state index in [0.717, 1.165) is 57.8 Å². The van der Waals surface area contributed by atoms with Crippen LogP contribution in [-0.2, 0) is 14.3 Å². The average molecular weight is 1180 g/mol. The van der Waals surface area contributed by atoms with Crippen molar-refractivity contribution in [1.29, 1.82) is 0 Å². The molecule has 0 aliphatic rings. The van der Waals surface area contributed by atoms with E-state index in [1.807, 2.05) is 6.08 Å². The highest BCUT2D eigenvalue weighted by molar-refractivity contribution is 5.76. The van der Waals surface area contributed by atoms with E-state index in [0.29, 0.717) is 19.4 Å². The lowest BCUT2D eigenvalue weighted by Crippen LogP contribution is -2.45. The lowest BCUT2D eigenvalue weighted by atomic mass is 10.0. The fraction of sp³-hybridized carbons (Fsp3) is 0.846. The summed E-state index contributed by atoms with van der Waals surface area (Å²) in [6.45, 7) is 4.91. The number of carbonyl (C=O) groups excluding carboxylic acids is 2. The summed E-state index contributed by atoms with van der Waals surface area (Å²) in [5, 5.41) is 23.3. The van der Waals surface area contributed by atoms with Gasteiger partial charge in [-0.05, 0) is 96.3 Å². The van der Waals surface area contributed by atoms with Gasteiger partial charge in [-0.2, -0.15) is 0 Å². The lowest BCUT2D eigenvalue weighted by Gasteiger charge is -2.20. The molecule has 0 rings (SSSR count). The molecule has 0 aromatic carbocycles. The normalized spacial score (nSPS) is 12.9. The number of hydrogen-bond acceptors (Lipinski definition) is 5. The minimum Gasteiger partial charge on any atom is -0.466 e. The summed E-state index contributed by atoms with van der Waals surface area (Å²) in [6, 6.07) is -0.631. The smallest absolute Gasteiger partial charge is 0.305 e. The van der Waals surface area contributed by atoms with Crippen molar-refractivity contribution in [2.45, 2.75) is 411 Å². The van der Waals surface area contributed by atoms with Crippen LogP contribution in [0.5, 0.6) is 0 Å². The van der Waals surface area contributed by atoms with Crippen LogP contribution in [-0.4, -0.2) is 47.4 Å². The summed E-state index contributed by atoms with van der Waals surface area (Å²) in [6.07, 6.45) is 97.4. The van der Waals surface area contributed by atoms with E-state index >= 15 is 0 Å². The predicted octanol–water partition coefficient (Wildman–Crippen LogP) is 24.6. The number of aliphatic hydroxyl groups is 2. The van der Waals surface area contributed by atoms with Crippen molar-refractivity contribution in [2.24, 2.45) is 0 Å². The molecule has 0 spiro atoms. The Morgan fingerprint density at radius 3 is 0.917 bits per heavy atom. The van der Waals surface area contributed by atoms with Gasteiger partial charge in [-0.3, -0.25) is 9.59 Å². The van der Waals surface area contributed by atoms with Gasteiger partial charge in [0.1, 0.15) is 0 Å². The summed E-state index contributed by atoms with van der Waals surface area (Å²) in [5.74, 6) is -0.0617. The number of unbranched alkanes of at least 4 members (excludes halogenated alkanes) is 51. The summed E-state index contributed by atoms with van der Waals surface area (Å²) < 4.78 is 5.50. The second-order valence-electron chi connectivity index (χ2n) is 25.6. The van der Waals surface area contributed by atoms with Crippen molar-refractivity contribution in [3.05, 3.63) is 60.8 Å². The van der Waals surface area contributed by atoms with Crippen LogP contribution >= 0.6 is 0 Å². The second-order valence-corrected chi connectivity index (χ2v) is 25.6. The van der Waals surface area contributed by atoms with Gasteiger partial charge in [0.2, 0.25) is 5.91 Å². The molecular weight excluding hydrogens is 1030 g/mol. The molecule has 0 aromatic rings. The summed E-state index contributed by atoms with van der Waals surface area (Å²) in [5.41, 5.74) is 0. The maximum absolute atomic E-state index is 12.5. The second kappa shape index (κ2) is 73.0.